The molecule has 1 heterocycles. The Morgan fingerprint density at radius 3 is 2.36 bits per heavy atom. The van der Waals surface area contributed by atoms with Gasteiger partial charge in [0.05, 0.1) is 18.1 Å². The number of hydrogen-bond acceptors (Lipinski definition) is 6. The summed E-state index contributed by atoms with van der Waals surface area (Å²) in [7, 11) is -3.63. The van der Waals surface area contributed by atoms with Gasteiger partial charge in [0.2, 0.25) is 10.0 Å². The Hall–Kier alpha value is -2.75. The van der Waals surface area contributed by atoms with Gasteiger partial charge >= 0.3 is 5.97 Å². The van der Waals surface area contributed by atoms with Crippen molar-refractivity contribution in [2.24, 2.45) is 0 Å². The lowest BCUT2D eigenvalue weighted by Crippen LogP contribution is -2.40. The van der Waals surface area contributed by atoms with Crippen LogP contribution in [0.25, 0.3) is 0 Å². The Balaban J connectivity index is 1.52. The maximum atomic E-state index is 12.8. The first kappa shape index (κ1) is 24.9. The van der Waals surface area contributed by atoms with Crippen molar-refractivity contribution in [3.05, 3.63) is 65.2 Å². The number of nitrogens with one attached hydrogen (secondary N) is 1. The number of amides is 1. The van der Waals surface area contributed by atoms with Crippen LogP contribution >= 0.6 is 0 Å². The van der Waals surface area contributed by atoms with Crippen molar-refractivity contribution in [2.75, 3.05) is 32.8 Å². The van der Waals surface area contributed by atoms with E-state index in [0.29, 0.717) is 37.4 Å². The second-order valence-electron chi connectivity index (χ2n) is 8.83. The summed E-state index contributed by atoms with van der Waals surface area (Å²) in [6, 6.07) is 13.5. The predicted molar refractivity (Wildman–Crippen MR) is 123 cm³/mol. The van der Waals surface area contributed by atoms with Crippen LogP contribution in [0.5, 0.6) is 0 Å². The molecule has 1 saturated heterocycles. The van der Waals surface area contributed by atoms with Gasteiger partial charge in [0.25, 0.3) is 5.91 Å². The predicted octanol–water partition coefficient (Wildman–Crippen LogP) is 2.48. The van der Waals surface area contributed by atoms with E-state index in [9.17, 15) is 18.0 Å². The van der Waals surface area contributed by atoms with Crippen LogP contribution in [0.3, 0.4) is 0 Å². The van der Waals surface area contributed by atoms with E-state index in [1.807, 2.05) is 12.1 Å². The Labute approximate surface area is 194 Å². The summed E-state index contributed by atoms with van der Waals surface area (Å²) in [4.78, 5) is 24.5. The first-order valence-corrected chi connectivity index (χ1v) is 12.2. The number of carbonyl (C=O) groups is 2. The molecule has 0 radical (unpaired) electrons. The number of sulfonamides is 1. The quantitative estimate of drug-likeness (QED) is 0.619. The Morgan fingerprint density at radius 1 is 1.06 bits per heavy atom. The lowest BCUT2D eigenvalue weighted by Gasteiger charge is -2.26. The molecule has 0 atom stereocenters. The summed E-state index contributed by atoms with van der Waals surface area (Å²) in [5, 5.41) is 2.54. The molecule has 8 nitrogen and oxygen atoms in total. The second kappa shape index (κ2) is 10.5. The zero-order valence-electron chi connectivity index (χ0n) is 19.2. The summed E-state index contributed by atoms with van der Waals surface area (Å²) in [5.74, 6) is -0.984. The lowest BCUT2D eigenvalue weighted by molar-refractivity contribution is -0.143. The van der Waals surface area contributed by atoms with Gasteiger partial charge in [-0.15, -0.1) is 0 Å². The minimum Gasteiger partial charge on any atom is -0.460 e. The Bertz CT molecular complexity index is 1080. The highest BCUT2D eigenvalue weighted by Gasteiger charge is 2.26. The highest BCUT2D eigenvalue weighted by molar-refractivity contribution is 7.89. The van der Waals surface area contributed by atoms with E-state index in [2.05, 4.69) is 26.1 Å². The minimum absolute atomic E-state index is 0.0162. The van der Waals surface area contributed by atoms with Crippen molar-refractivity contribution >= 4 is 21.9 Å². The molecule has 0 unspecified atom stereocenters. The summed E-state index contributed by atoms with van der Waals surface area (Å²) in [6.45, 7) is 7.23. The highest BCUT2D eigenvalue weighted by Crippen LogP contribution is 2.22. The van der Waals surface area contributed by atoms with Gasteiger partial charge in [0.1, 0.15) is 13.2 Å². The van der Waals surface area contributed by atoms with E-state index in [1.165, 1.54) is 16.4 Å². The Kier molecular flexibility index (Phi) is 7.88. The number of nitrogens with zero attached hydrogens (tertiary/aromatic N) is 1. The molecular weight excluding hydrogens is 444 g/mol. The van der Waals surface area contributed by atoms with Crippen LogP contribution in [0.15, 0.2) is 53.4 Å². The normalized spacial score (nSPS) is 15.1. The van der Waals surface area contributed by atoms with E-state index in [0.717, 1.165) is 5.56 Å². The fraction of sp³-hybridized carbons (Fsp3) is 0.417. The van der Waals surface area contributed by atoms with Gasteiger partial charge in [-0.1, -0.05) is 45.0 Å². The molecule has 0 saturated carbocycles. The number of esters is 1. The van der Waals surface area contributed by atoms with Crippen LogP contribution in [0, 0.1) is 0 Å². The van der Waals surface area contributed by atoms with Gasteiger partial charge in [-0.25, -0.2) is 8.42 Å². The molecule has 2 aromatic rings. The third-order valence-corrected chi connectivity index (χ3v) is 7.21. The summed E-state index contributed by atoms with van der Waals surface area (Å²) >= 11 is 0. The number of benzene rings is 2. The van der Waals surface area contributed by atoms with E-state index < -0.39 is 16.0 Å². The van der Waals surface area contributed by atoms with Crippen LogP contribution in [0.4, 0.5) is 0 Å². The van der Waals surface area contributed by atoms with E-state index >= 15 is 0 Å². The zero-order valence-corrected chi connectivity index (χ0v) is 20.0. The molecule has 1 amide bonds. The molecule has 1 aliphatic rings. The fourth-order valence-electron chi connectivity index (χ4n) is 3.32. The average molecular weight is 475 g/mol. The molecule has 0 spiro atoms. The monoisotopic (exact) mass is 474 g/mol. The van der Waals surface area contributed by atoms with Crippen LogP contribution < -0.4 is 5.32 Å². The molecule has 1 aliphatic heterocycles. The van der Waals surface area contributed by atoms with Crippen molar-refractivity contribution in [3.63, 3.8) is 0 Å². The molecule has 1 N–H and O–H groups in total. The summed E-state index contributed by atoms with van der Waals surface area (Å²) in [6.07, 6.45) is 0. The van der Waals surface area contributed by atoms with Crippen LogP contribution in [-0.2, 0) is 36.3 Å². The van der Waals surface area contributed by atoms with Gasteiger partial charge in [-0.2, -0.15) is 4.31 Å². The summed E-state index contributed by atoms with van der Waals surface area (Å²) < 4.78 is 37.4. The number of carbonyl (C=O) groups excluding carboxylic acids is 2. The van der Waals surface area contributed by atoms with Crippen molar-refractivity contribution in [2.45, 2.75) is 37.7 Å². The first-order chi connectivity index (χ1) is 15.6. The van der Waals surface area contributed by atoms with E-state index in [1.54, 1.807) is 24.3 Å². The molecule has 1 fully saturated rings. The molecule has 0 bridgehead atoms. The van der Waals surface area contributed by atoms with Gasteiger partial charge in [-0.3, -0.25) is 9.59 Å². The molecule has 2 aromatic carbocycles. The van der Waals surface area contributed by atoms with Gasteiger partial charge in [-0.05, 0) is 40.8 Å². The second-order valence-corrected chi connectivity index (χ2v) is 10.8. The minimum atomic E-state index is -3.63. The van der Waals surface area contributed by atoms with E-state index in [-0.39, 0.29) is 29.4 Å². The topological polar surface area (TPSA) is 102 Å². The molecule has 0 aromatic heterocycles. The SMILES string of the molecule is CC(C)(C)c1ccc(C(=O)NCC(=O)OCc2cccc(S(=O)(=O)N3CCOCC3)c2)cc1. The molecule has 9 heteroatoms. The van der Waals surface area contributed by atoms with Crippen molar-refractivity contribution in [1.29, 1.82) is 0 Å². The average Bonchev–Trinajstić information content (AvgIpc) is 2.81. The molecule has 178 valence electrons. The maximum absolute atomic E-state index is 12.8. The van der Waals surface area contributed by atoms with E-state index in [4.69, 9.17) is 9.47 Å². The van der Waals surface area contributed by atoms with Crippen molar-refractivity contribution in [1.82, 2.24) is 9.62 Å². The molecule has 0 aliphatic carbocycles. The van der Waals surface area contributed by atoms with Crippen LogP contribution in [-0.4, -0.2) is 57.4 Å². The first-order valence-electron chi connectivity index (χ1n) is 10.8. The standard InChI is InChI=1S/C24H30N2O6S/c1-24(2,3)20-9-7-19(8-10-20)23(28)25-16-22(27)32-17-18-5-4-6-21(15-18)33(29,30)26-11-13-31-14-12-26/h4-10,15H,11-14,16-17H2,1-3H3,(H,25,28). The van der Waals surface area contributed by atoms with Crippen molar-refractivity contribution in [3.8, 4) is 0 Å². The van der Waals surface area contributed by atoms with Crippen LogP contribution in [0.1, 0.15) is 42.3 Å². The van der Waals surface area contributed by atoms with Gasteiger partial charge in [0, 0.05) is 18.7 Å². The van der Waals surface area contributed by atoms with Gasteiger partial charge in [0.15, 0.2) is 0 Å². The number of hydrogen-bond donors (Lipinski definition) is 1. The fourth-order valence-corrected chi connectivity index (χ4v) is 4.80. The molecule has 33 heavy (non-hydrogen) atoms. The van der Waals surface area contributed by atoms with Gasteiger partial charge < -0.3 is 14.8 Å². The smallest absolute Gasteiger partial charge is 0.325 e. The third kappa shape index (κ3) is 6.63. The lowest BCUT2D eigenvalue weighted by atomic mass is 9.87. The van der Waals surface area contributed by atoms with Crippen LogP contribution in [0.2, 0.25) is 0 Å². The number of rotatable bonds is 7. The Morgan fingerprint density at radius 2 is 1.73 bits per heavy atom. The largest absolute Gasteiger partial charge is 0.460 e. The van der Waals surface area contributed by atoms with Crippen molar-refractivity contribution < 1.29 is 27.5 Å². The number of ether oxygens (including phenoxy) is 2. The third-order valence-electron chi connectivity index (χ3n) is 5.31. The number of morpholine rings is 1. The molecular formula is C24H30N2O6S. The molecule has 3 rings (SSSR count). The zero-order chi connectivity index (χ0) is 24.1. The summed E-state index contributed by atoms with van der Waals surface area (Å²) in [5.41, 5.74) is 2.09. The highest BCUT2D eigenvalue weighted by atomic mass is 32.2. The maximum Gasteiger partial charge on any atom is 0.325 e.